The van der Waals surface area contributed by atoms with Crippen molar-refractivity contribution in [3.8, 4) is 17.6 Å². The molecule has 20 heavy (non-hydrogen) atoms. The molecule has 0 radical (unpaired) electrons. The number of ether oxygens (including phenoxy) is 1. The third-order valence-electron chi connectivity index (χ3n) is 2.71. The Morgan fingerprint density at radius 2 is 2.05 bits per heavy atom. The molecule has 0 amide bonds. The summed E-state index contributed by atoms with van der Waals surface area (Å²) in [6.45, 7) is 1.65. The second-order valence-electron chi connectivity index (χ2n) is 4.22. The van der Waals surface area contributed by atoms with Crippen LogP contribution in [0.3, 0.4) is 0 Å². The number of nitriles is 1. The van der Waals surface area contributed by atoms with Crippen molar-refractivity contribution >= 4 is 15.9 Å². The first-order valence-electron chi connectivity index (χ1n) is 5.86. The molecule has 1 atom stereocenters. The molecule has 0 bridgehead atoms. The lowest BCUT2D eigenvalue weighted by atomic mass is 10.1. The summed E-state index contributed by atoms with van der Waals surface area (Å²) in [5, 5.41) is 18.2. The van der Waals surface area contributed by atoms with Crippen LogP contribution < -0.4 is 4.74 Å². The van der Waals surface area contributed by atoms with Crippen molar-refractivity contribution in [3.05, 3.63) is 57.8 Å². The normalized spacial score (nSPS) is 11.8. The first kappa shape index (κ1) is 14.5. The van der Waals surface area contributed by atoms with Gasteiger partial charge in [0.05, 0.1) is 17.7 Å². The quantitative estimate of drug-likeness (QED) is 0.909. The molecule has 0 aromatic heterocycles. The summed E-state index contributed by atoms with van der Waals surface area (Å²) < 4.78 is 19.8. The summed E-state index contributed by atoms with van der Waals surface area (Å²) in [4.78, 5) is 0. The van der Waals surface area contributed by atoms with E-state index in [2.05, 4.69) is 15.9 Å². The summed E-state index contributed by atoms with van der Waals surface area (Å²) in [7, 11) is 0. The Labute approximate surface area is 124 Å². The summed E-state index contributed by atoms with van der Waals surface area (Å²) in [5.41, 5.74) is 0.957. The maximum Gasteiger partial charge on any atom is 0.167 e. The van der Waals surface area contributed by atoms with Crippen LogP contribution in [0.25, 0.3) is 0 Å². The number of benzene rings is 2. The van der Waals surface area contributed by atoms with Crippen LogP contribution in [0.15, 0.2) is 40.9 Å². The van der Waals surface area contributed by atoms with Crippen LogP contribution in [0.4, 0.5) is 4.39 Å². The molecule has 0 saturated carbocycles. The topological polar surface area (TPSA) is 53.2 Å². The Balaban J connectivity index is 2.27. The molecule has 5 heteroatoms. The Hall–Kier alpha value is -1.90. The number of hydrogen-bond acceptors (Lipinski definition) is 3. The van der Waals surface area contributed by atoms with Crippen LogP contribution in [0.2, 0.25) is 0 Å². The minimum atomic E-state index is -0.606. The van der Waals surface area contributed by atoms with E-state index in [9.17, 15) is 9.50 Å². The van der Waals surface area contributed by atoms with Crippen molar-refractivity contribution in [3.63, 3.8) is 0 Å². The third-order valence-corrected chi connectivity index (χ3v) is 3.40. The van der Waals surface area contributed by atoms with Gasteiger partial charge in [0, 0.05) is 4.47 Å². The molecule has 2 rings (SSSR count). The van der Waals surface area contributed by atoms with Gasteiger partial charge in [0.1, 0.15) is 5.75 Å². The van der Waals surface area contributed by atoms with Gasteiger partial charge in [-0.05, 0) is 42.8 Å². The van der Waals surface area contributed by atoms with Crippen LogP contribution in [0.5, 0.6) is 11.5 Å². The fraction of sp³-hybridized carbons (Fsp3) is 0.133. The van der Waals surface area contributed by atoms with Gasteiger partial charge in [-0.2, -0.15) is 5.26 Å². The predicted octanol–water partition coefficient (Wildman–Crippen LogP) is 4.31. The second-order valence-corrected chi connectivity index (χ2v) is 5.07. The van der Waals surface area contributed by atoms with Gasteiger partial charge in [0.25, 0.3) is 0 Å². The standard InChI is InChI=1S/C15H11BrFNO2/c1-9(19)12-4-3-11(7-13(12)16)20-15-5-2-10(8-18)6-14(15)17/h2-7,9,19H,1H3/t9-/m1/s1. The van der Waals surface area contributed by atoms with Crippen molar-refractivity contribution in [2.45, 2.75) is 13.0 Å². The van der Waals surface area contributed by atoms with E-state index >= 15 is 0 Å². The summed E-state index contributed by atoms with van der Waals surface area (Å²) in [6.07, 6.45) is -0.606. The maximum atomic E-state index is 13.7. The maximum absolute atomic E-state index is 13.7. The lowest BCUT2D eigenvalue weighted by Crippen LogP contribution is -1.94. The van der Waals surface area contributed by atoms with E-state index in [4.69, 9.17) is 10.00 Å². The Morgan fingerprint density at radius 3 is 2.60 bits per heavy atom. The van der Waals surface area contributed by atoms with Crippen LogP contribution in [0.1, 0.15) is 24.2 Å². The number of rotatable bonds is 3. The van der Waals surface area contributed by atoms with Crippen LogP contribution in [0, 0.1) is 17.1 Å². The van der Waals surface area contributed by atoms with E-state index < -0.39 is 11.9 Å². The van der Waals surface area contributed by atoms with Crippen LogP contribution >= 0.6 is 15.9 Å². The lowest BCUT2D eigenvalue weighted by Gasteiger charge is -2.11. The zero-order valence-corrected chi connectivity index (χ0v) is 12.2. The van der Waals surface area contributed by atoms with Gasteiger partial charge in [0.2, 0.25) is 0 Å². The summed E-state index contributed by atoms with van der Waals surface area (Å²) in [6, 6.07) is 10.9. The van der Waals surface area contributed by atoms with Crippen molar-refractivity contribution in [1.29, 1.82) is 5.26 Å². The number of hydrogen-bond donors (Lipinski definition) is 1. The molecule has 102 valence electrons. The molecule has 0 saturated heterocycles. The minimum Gasteiger partial charge on any atom is -0.454 e. The SMILES string of the molecule is C[C@@H](O)c1ccc(Oc2ccc(C#N)cc2F)cc1Br. The average molecular weight is 336 g/mol. The molecule has 0 spiro atoms. The molecule has 0 aliphatic rings. The van der Waals surface area contributed by atoms with Crippen molar-refractivity contribution in [1.82, 2.24) is 0 Å². The first-order chi connectivity index (χ1) is 9.51. The van der Waals surface area contributed by atoms with E-state index in [1.165, 1.54) is 12.1 Å². The lowest BCUT2D eigenvalue weighted by molar-refractivity contribution is 0.198. The van der Waals surface area contributed by atoms with Crippen LogP contribution in [-0.2, 0) is 0 Å². The number of halogens is 2. The van der Waals surface area contributed by atoms with E-state index in [0.29, 0.717) is 10.2 Å². The molecule has 0 aliphatic carbocycles. The van der Waals surface area contributed by atoms with E-state index in [0.717, 1.165) is 11.6 Å². The molecule has 0 aliphatic heterocycles. The van der Waals surface area contributed by atoms with Gasteiger partial charge >= 0.3 is 0 Å². The monoisotopic (exact) mass is 335 g/mol. The second kappa shape index (κ2) is 6.04. The highest BCUT2D eigenvalue weighted by Crippen LogP contribution is 2.31. The molecule has 3 nitrogen and oxygen atoms in total. The van der Waals surface area contributed by atoms with Gasteiger partial charge in [-0.3, -0.25) is 0 Å². The van der Waals surface area contributed by atoms with E-state index in [1.807, 2.05) is 6.07 Å². The largest absolute Gasteiger partial charge is 0.454 e. The fourth-order valence-corrected chi connectivity index (χ4v) is 2.38. The molecule has 0 fully saturated rings. The molecule has 2 aromatic rings. The van der Waals surface area contributed by atoms with Crippen LogP contribution in [-0.4, -0.2) is 5.11 Å². The number of aliphatic hydroxyl groups is 1. The fourth-order valence-electron chi connectivity index (χ4n) is 1.69. The number of aliphatic hydroxyl groups excluding tert-OH is 1. The summed E-state index contributed by atoms with van der Waals surface area (Å²) >= 11 is 3.33. The minimum absolute atomic E-state index is 0.0423. The van der Waals surface area contributed by atoms with Gasteiger partial charge in [-0.15, -0.1) is 0 Å². The molecule has 0 heterocycles. The van der Waals surface area contributed by atoms with Gasteiger partial charge in [0.15, 0.2) is 11.6 Å². The first-order valence-corrected chi connectivity index (χ1v) is 6.65. The van der Waals surface area contributed by atoms with E-state index in [1.54, 1.807) is 25.1 Å². The van der Waals surface area contributed by atoms with Crippen molar-refractivity contribution in [2.75, 3.05) is 0 Å². The third kappa shape index (κ3) is 3.16. The molecule has 2 aromatic carbocycles. The molecular weight excluding hydrogens is 325 g/mol. The Morgan fingerprint density at radius 1 is 1.30 bits per heavy atom. The Kier molecular flexibility index (Phi) is 4.38. The van der Waals surface area contributed by atoms with Gasteiger partial charge in [-0.1, -0.05) is 22.0 Å². The highest BCUT2D eigenvalue weighted by atomic mass is 79.9. The zero-order valence-electron chi connectivity index (χ0n) is 10.6. The average Bonchev–Trinajstić information content (AvgIpc) is 2.40. The molecule has 1 N–H and O–H groups in total. The molecular formula is C15H11BrFNO2. The highest BCUT2D eigenvalue weighted by molar-refractivity contribution is 9.10. The zero-order chi connectivity index (χ0) is 14.7. The smallest absolute Gasteiger partial charge is 0.167 e. The Bertz CT molecular complexity index is 680. The van der Waals surface area contributed by atoms with Gasteiger partial charge in [-0.25, -0.2) is 4.39 Å². The van der Waals surface area contributed by atoms with E-state index in [-0.39, 0.29) is 11.3 Å². The van der Waals surface area contributed by atoms with Crippen molar-refractivity contribution < 1.29 is 14.2 Å². The van der Waals surface area contributed by atoms with Gasteiger partial charge < -0.3 is 9.84 Å². The summed E-state index contributed by atoms with van der Waals surface area (Å²) in [5.74, 6) is -0.120. The highest BCUT2D eigenvalue weighted by Gasteiger charge is 2.10. The molecule has 0 unspecified atom stereocenters. The number of nitrogens with zero attached hydrogens (tertiary/aromatic N) is 1. The van der Waals surface area contributed by atoms with Crippen molar-refractivity contribution in [2.24, 2.45) is 0 Å². The predicted molar refractivity (Wildman–Crippen MR) is 76.0 cm³/mol.